The summed E-state index contributed by atoms with van der Waals surface area (Å²) < 4.78 is 25.1. The van der Waals surface area contributed by atoms with E-state index in [1.165, 1.54) is 12.1 Å². The molecule has 0 N–H and O–H groups in total. The molecule has 1 fully saturated rings. The Hall–Kier alpha value is -1.51. The zero-order valence-electron chi connectivity index (χ0n) is 9.48. The molecule has 0 aliphatic carbocycles. The lowest BCUT2D eigenvalue weighted by molar-refractivity contribution is -0.384. The first-order chi connectivity index (χ1) is 8.51. The lowest BCUT2D eigenvalue weighted by Crippen LogP contribution is -2.35. The lowest BCUT2D eigenvalue weighted by atomic mass is 10.3. The molecular weight excluding hydrogens is 260 g/mol. The molecule has 0 atom stereocenters. The van der Waals surface area contributed by atoms with E-state index in [1.54, 1.807) is 0 Å². The number of rotatable bonds is 3. The minimum absolute atomic E-state index is 0.00463. The monoisotopic (exact) mass is 272 g/mol. The van der Waals surface area contributed by atoms with Gasteiger partial charge in [0.2, 0.25) is 0 Å². The molecule has 8 heteroatoms. The summed E-state index contributed by atoms with van der Waals surface area (Å²) in [5, 5.41) is 10.5. The molecule has 0 saturated carbocycles. The molecule has 1 saturated heterocycles. The molecule has 2 rings (SSSR count). The Morgan fingerprint density at radius 1 is 1.22 bits per heavy atom. The minimum atomic E-state index is -3.72. The van der Waals surface area contributed by atoms with Gasteiger partial charge in [-0.05, 0) is 25.0 Å². The van der Waals surface area contributed by atoms with Crippen molar-refractivity contribution in [3.05, 3.63) is 34.4 Å². The summed E-state index contributed by atoms with van der Waals surface area (Å²) >= 11 is 0. The summed E-state index contributed by atoms with van der Waals surface area (Å²) in [5.41, 5.74) is -0.145. The van der Waals surface area contributed by atoms with Crippen molar-refractivity contribution in [3.8, 4) is 0 Å². The predicted molar refractivity (Wildman–Crippen MR) is 62.2 cm³/mol. The van der Waals surface area contributed by atoms with Crippen molar-refractivity contribution in [3.63, 3.8) is 0 Å². The van der Waals surface area contributed by atoms with Crippen LogP contribution in [0.2, 0.25) is 0 Å². The Labute approximate surface area is 104 Å². The van der Waals surface area contributed by atoms with E-state index >= 15 is 0 Å². The van der Waals surface area contributed by atoms with Gasteiger partial charge in [-0.25, -0.2) is 8.42 Å². The summed E-state index contributed by atoms with van der Waals surface area (Å²) in [6.45, 7) is 0.672. The van der Waals surface area contributed by atoms with E-state index in [1.807, 2.05) is 0 Å². The summed E-state index contributed by atoms with van der Waals surface area (Å²) in [7, 11) is -3.72. The molecule has 1 aliphatic rings. The van der Waals surface area contributed by atoms with E-state index in [2.05, 4.69) is 0 Å². The maximum atomic E-state index is 12.1. The SMILES string of the molecule is O=[N+]([O-])c1ccc(S(=O)(=O)N2CCCCO2)cc1. The highest BCUT2D eigenvalue weighted by atomic mass is 32.2. The molecule has 18 heavy (non-hydrogen) atoms. The predicted octanol–water partition coefficient (Wildman–Crippen LogP) is 1.31. The number of benzene rings is 1. The second-order valence-electron chi connectivity index (χ2n) is 3.82. The third-order valence-corrected chi connectivity index (χ3v) is 4.28. The molecule has 0 aromatic heterocycles. The quantitative estimate of drug-likeness (QED) is 0.611. The summed E-state index contributed by atoms with van der Waals surface area (Å²) in [6, 6.07) is 4.75. The molecule has 1 aliphatic heterocycles. The Kier molecular flexibility index (Phi) is 3.60. The fraction of sp³-hybridized carbons (Fsp3) is 0.400. The Bertz CT molecular complexity index is 534. The maximum absolute atomic E-state index is 12.1. The largest absolute Gasteiger partial charge is 0.284 e. The van der Waals surface area contributed by atoms with E-state index in [9.17, 15) is 18.5 Å². The smallest absolute Gasteiger partial charge is 0.269 e. The minimum Gasteiger partial charge on any atom is -0.284 e. The summed E-state index contributed by atoms with van der Waals surface area (Å²) in [6.07, 6.45) is 1.57. The van der Waals surface area contributed by atoms with Crippen LogP contribution < -0.4 is 0 Å². The molecule has 7 nitrogen and oxygen atoms in total. The highest BCUT2D eigenvalue weighted by Crippen LogP contribution is 2.21. The average molecular weight is 272 g/mol. The van der Waals surface area contributed by atoms with Crippen LogP contribution in [0.15, 0.2) is 29.2 Å². The van der Waals surface area contributed by atoms with E-state index in [0.29, 0.717) is 13.2 Å². The van der Waals surface area contributed by atoms with Crippen molar-refractivity contribution in [2.45, 2.75) is 17.7 Å². The van der Waals surface area contributed by atoms with Gasteiger partial charge in [-0.1, -0.05) is 4.47 Å². The highest BCUT2D eigenvalue weighted by molar-refractivity contribution is 7.89. The third-order valence-electron chi connectivity index (χ3n) is 2.58. The molecular formula is C10H12N2O5S. The second-order valence-corrected chi connectivity index (χ2v) is 5.65. The van der Waals surface area contributed by atoms with Crippen LogP contribution in [-0.4, -0.2) is 31.0 Å². The molecule has 1 heterocycles. The van der Waals surface area contributed by atoms with Crippen LogP contribution in [0.5, 0.6) is 0 Å². The van der Waals surface area contributed by atoms with Crippen molar-refractivity contribution in [2.75, 3.05) is 13.2 Å². The molecule has 0 amide bonds. The molecule has 0 radical (unpaired) electrons. The normalized spacial score (nSPS) is 17.6. The van der Waals surface area contributed by atoms with Crippen LogP contribution in [-0.2, 0) is 14.9 Å². The van der Waals surface area contributed by atoms with Gasteiger partial charge in [-0.3, -0.25) is 15.0 Å². The van der Waals surface area contributed by atoms with E-state index in [-0.39, 0.29) is 10.6 Å². The van der Waals surface area contributed by atoms with Crippen molar-refractivity contribution < 1.29 is 18.2 Å². The van der Waals surface area contributed by atoms with Gasteiger partial charge >= 0.3 is 0 Å². The fourth-order valence-corrected chi connectivity index (χ4v) is 2.92. The molecule has 0 bridgehead atoms. The molecule has 98 valence electrons. The molecule has 0 unspecified atom stereocenters. The van der Waals surface area contributed by atoms with E-state index in [0.717, 1.165) is 29.4 Å². The van der Waals surface area contributed by atoms with Crippen molar-refractivity contribution in [1.29, 1.82) is 0 Å². The number of nitro benzene ring substituents is 1. The van der Waals surface area contributed by atoms with Gasteiger partial charge in [0, 0.05) is 18.7 Å². The Morgan fingerprint density at radius 3 is 2.39 bits per heavy atom. The summed E-state index contributed by atoms with van der Waals surface area (Å²) in [5.74, 6) is 0. The highest BCUT2D eigenvalue weighted by Gasteiger charge is 2.27. The third kappa shape index (κ3) is 2.50. The Balaban J connectivity index is 2.26. The average Bonchev–Trinajstić information content (AvgIpc) is 2.40. The standard InChI is InChI=1S/C10H12N2O5S/c13-12(14)9-3-5-10(6-4-9)18(15,16)11-7-1-2-8-17-11/h3-6H,1-2,7-8H2. The topological polar surface area (TPSA) is 89.8 Å². The van der Waals surface area contributed by atoms with E-state index in [4.69, 9.17) is 4.84 Å². The first kappa shape index (κ1) is 12.9. The first-order valence-electron chi connectivity index (χ1n) is 5.42. The number of hydrogen-bond donors (Lipinski definition) is 0. The number of non-ortho nitro benzene ring substituents is 1. The van der Waals surface area contributed by atoms with Crippen molar-refractivity contribution in [2.24, 2.45) is 0 Å². The number of hydrogen-bond acceptors (Lipinski definition) is 5. The zero-order chi connectivity index (χ0) is 13.2. The van der Waals surface area contributed by atoms with Gasteiger partial charge < -0.3 is 0 Å². The Morgan fingerprint density at radius 2 is 1.89 bits per heavy atom. The van der Waals surface area contributed by atoms with Gasteiger partial charge in [-0.2, -0.15) is 0 Å². The lowest BCUT2D eigenvalue weighted by Gasteiger charge is -2.25. The molecule has 1 aromatic carbocycles. The number of nitrogens with zero attached hydrogens (tertiary/aromatic N) is 2. The zero-order valence-corrected chi connectivity index (χ0v) is 10.3. The van der Waals surface area contributed by atoms with Crippen LogP contribution in [0.1, 0.15) is 12.8 Å². The van der Waals surface area contributed by atoms with Gasteiger partial charge in [0.25, 0.3) is 15.7 Å². The number of hydroxylamine groups is 1. The van der Waals surface area contributed by atoms with Crippen LogP contribution in [0.25, 0.3) is 0 Å². The van der Waals surface area contributed by atoms with Crippen molar-refractivity contribution in [1.82, 2.24) is 4.47 Å². The number of nitro groups is 1. The maximum Gasteiger partial charge on any atom is 0.269 e. The fourth-order valence-electron chi connectivity index (χ4n) is 1.62. The van der Waals surface area contributed by atoms with Gasteiger partial charge in [0.15, 0.2) is 0 Å². The molecule has 0 spiro atoms. The first-order valence-corrected chi connectivity index (χ1v) is 6.86. The van der Waals surface area contributed by atoms with Crippen LogP contribution in [0.4, 0.5) is 5.69 Å². The van der Waals surface area contributed by atoms with Gasteiger partial charge in [0.1, 0.15) is 0 Å². The summed E-state index contributed by atoms with van der Waals surface area (Å²) in [4.78, 5) is 15.0. The van der Waals surface area contributed by atoms with Gasteiger partial charge in [0.05, 0.1) is 16.4 Å². The van der Waals surface area contributed by atoms with E-state index < -0.39 is 14.9 Å². The molecule has 1 aromatic rings. The van der Waals surface area contributed by atoms with Crippen LogP contribution in [0, 0.1) is 10.1 Å². The number of sulfonamides is 1. The van der Waals surface area contributed by atoms with Crippen LogP contribution in [0.3, 0.4) is 0 Å². The second kappa shape index (κ2) is 5.01. The van der Waals surface area contributed by atoms with Crippen molar-refractivity contribution >= 4 is 15.7 Å². The van der Waals surface area contributed by atoms with Crippen LogP contribution >= 0.6 is 0 Å². The van der Waals surface area contributed by atoms with Gasteiger partial charge in [-0.15, -0.1) is 0 Å².